The Morgan fingerprint density at radius 2 is 1.64 bits per heavy atom. The van der Waals surface area contributed by atoms with Crippen molar-refractivity contribution in [3.63, 3.8) is 0 Å². The first-order valence-electron chi connectivity index (χ1n) is 7.74. The summed E-state index contributed by atoms with van der Waals surface area (Å²) in [4.78, 5) is 16.1. The van der Waals surface area contributed by atoms with Crippen molar-refractivity contribution in [2.45, 2.75) is 12.8 Å². The number of hydrogen-bond donors (Lipinski definition) is 1. The topological polar surface area (TPSA) is 68.0 Å². The lowest BCUT2D eigenvalue weighted by molar-refractivity contribution is 0.0953. The molecule has 0 atom stereocenters. The molecule has 0 aliphatic rings. The molecule has 1 heterocycles. The highest BCUT2D eigenvalue weighted by molar-refractivity contribution is 5.94. The van der Waals surface area contributed by atoms with Crippen LogP contribution in [0.2, 0.25) is 0 Å². The maximum Gasteiger partial charge on any atom is 0.251 e. The summed E-state index contributed by atoms with van der Waals surface area (Å²) < 4.78 is 30.9. The Morgan fingerprint density at radius 3 is 2.32 bits per heavy atom. The lowest BCUT2D eigenvalue weighted by Crippen LogP contribution is -2.24. The van der Waals surface area contributed by atoms with Crippen molar-refractivity contribution in [1.82, 2.24) is 15.5 Å². The van der Waals surface area contributed by atoms with Gasteiger partial charge in [-0.25, -0.2) is 8.78 Å². The summed E-state index contributed by atoms with van der Waals surface area (Å²) in [6.45, 7) is 0.421. The van der Waals surface area contributed by atoms with Crippen LogP contribution in [0.1, 0.15) is 22.7 Å². The number of carbonyl (C=O) groups excluding carboxylic acids is 1. The van der Waals surface area contributed by atoms with Crippen molar-refractivity contribution in [3.8, 4) is 11.4 Å². The number of aryl methyl sites for hydroxylation is 1. The predicted octanol–water partition coefficient (Wildman–Crippen LogP) is 3.38. The van der Waals surface area contributed by atoms with Crippen molar-refractivity contribution >= 4 is 5.91 Å². The fourth-order valence-electron chi connectivity index (χ4n) is 2.22. The zero-order valence-electron chi connectivity index (χ0n) is 13.2. The standard InChI is InChI=1S/C18H15F2N3O2/c19-14-7-3-12(4-8-14)17-22-16(25-23-17)2-1-11-21-18(24)13-5-9-15(20)10-6-13/h3-10H,1-2,11H2,(H,21,24). The second kappa shape index (κ2) is 7.65. The number of benzene rings is 2. The third kappa shape index (κ3) is 4.47. The molecular formula is C18H15F2N3O2. The van der Waals surface area contributed by atoms with Gasteiger partial charge in [0.25, 0.3) is 5.91 Å². The molecule has 1 aromatic heterocycles. The summed E-state index contributed by atoms with van der Waals surface area (Å²) in [6, 6.07) is 11.1. The van der Waals surface area contributed by atoms with E-state index in [9.17, 15) is 13.6 Å². The van der Waals surface area contributed by atoms with Crippen LogP contribution in [0, 0.1) is 11.6 Å². The molecule has 3 rings (SSSR count). The largest absolute Gasteiger partial charge is 0.352 e. The van der Waals surface area contributed by atoms with Crippen molar-refractivity contribution in [2.24, 2.45) is 0 Å². The van der Waals surface area contributed by atoms with Gasteiger partial charge in [-0.05, 0) is 55.0 Å². The Morgan fingerprint density at radius 1 is 1.00 bits per heavy atom. The monoisotopic (exact) mass is 343 g/mol. The van der Waals surface area contributed by atoms with Crippen molar-refractivity contribution < 1.29 is 18.1 Å². The van der Waals surface area contributed by atoms with Crippen LogP contribution in [0.5, 0.6) is 0 Å². The van der Waals surface area contributed by atoms with Gasteiger partial charge in [0.1, 0.15) is 11.6 Å². The molecule has 1 N–H and O–H groups in total. The van der Waals surface area contributed by atoms with E-state index in [2.05, 4.69) is 15.5 Å². The third-order valence-corrected chi connectivity index (χ3v) is 3.53. The molecule has 0 saturated heterocycles. The van der Waals surface area contributed by atoms with Crippen LogP contribution in [0.25, 0.3) is 11.4 Å². The molecule has 0 unspecified atom stereocenters. The highest BCUT2D eigenvalue weighted by atomic mass is 19.1. The van der Waals surface area contributed by atoms with Gasteiger partial charge in [0, 0.05) is 24.1 Å². The Hall–Kier alpha value is -3.09. The fourth-order valence-corrected chi connectivity index (χ4v) is 2.22. The van der Waals surface area contributed by atoms with E-state index in [1.807, 2.05) is 0 Å². The van der Waals surface area contributed by atoms with Crippen LogP contribution in [-0.4, -0.2) is 22.6 Å². The van der Waals surface area contributed by atoms with Gasteiger partial charge in [-0.1, -0.05) is 5.16 Å². The van der Waals surface area contributed by atoms with E-state index in [-0.39, 0.29) is 17.5 Å². The van der Waals surface area contributed by atoms with Crippen molar-refractivity contribution in [1.29, 1.82) is 0 Å². The molecule has 0 aliphatic carbocycles. The zero-order valence-corrected chi connectivity index (χ0v) is 13.2. The zero-order chi connectivity index (χ0) is 17.6. The number of aromatic nitrogens is 2. The first-order valence-corrected chi connectivity index (χ1v) is 7.74. The van der Waals surface area contributed by atoms with Gasteiger partial charge in [-0.3, -0.25) is 4.79 Å². The summed E-state index contributed by atoms with van der Waals surface area (Å²) in [7, 11) is 0. The SMILES string of the molecule is O=C(NCCCc1nc(-c2ccc(F)cc2)no1)c1ccc(F)cc1. The summed E-state index contributed by atoms with van der Waals surface area (Å²) in [5.41, 5.74) is 1.07. The quantitative estimate of drug-likeness (QED) is 0.697. The average Bonchev–Trinajstić information content (AvgIpc) is 3.09. The van der Waals surface area contributed by atoms with Gasteiger partial charge < -0.3 is 9.84 Å². The van der Waals surface area contributed by atoms with Gasteiger partial charge in [-0.15, -0.1) is 0 Å². The number of hydrogen-bond acceptors (Lipinski definition) is 4. The van der Waals surface area contributed by atoms with Crippen LogP contribution >= 0.6 is 0 Å². The molecule has 3 aromatic rings. The van der Waals surface area contributed by atoms with E-state index in [1.165, 1.54) is 36.4 Å². The van der Waals surface area contributed by atoms with E-state index in [0.29, 0.717) is 42.2 Å². The van der Waals surface area contributed by atoms with Gasteiger partial charge >= 0.3 is 0 Å². The summed E-state index contributed by atoms with van der Waals surface area (Å²) in [6.07, 6.45) is 1.11. The molecule has 0 fully saturated rings. The highest BCUT2D eigenvalue weighted by Gasteiger charge is 2.09. The van der Waals surface area contributed by atoms with E-state index in [0.717, 1.165) is 0 Å². The number of nitrogens with one attached hydrogen (secondary N) is 1. The van der Waals surface area contributed by atoms with Gasteiger partial charge in [-0.2, -0.15) is 4.98 Å². The number of nitrogens with zero attached hydrogens (tertiary/aromatic N) is 2. The molecule has 0 saturated carbocycles. The van der Waals surface area contributed by atoms with E-state index < -0.39 is 0 Å². The van der Waals surface area contributed by atoms with Gasteiger partial charge in [0.05, 0.1) is 0 Å². The number of rotatable bonds is 6. The first kappa shape index (κ1) is 16.8. The molecule has 0 aliphatic heterocycles. The summed E-state index contributed by atoms with van der Waals surface area (Å²) >= 11 is 0. The Labute approximate surface area is 142 Å². The summed E-state index contributed by atoms with van der Waals surface area (Å²) in [5.74, 6) is -0.146. The molecule has 7 heteroatoms. The van der Waals surface area contributed by atoms with E-state index in [1.54, 1.807) is 12.1 Å². The normalized spacial score (nSPS) is 10.6. The molecule has 0 radical (unpaired) electrons. The average molecular weight is 343 g/mol. The minimum Gasteiger partial charge on any atom is -0.352 e. The van der Waals surface area contributed by atoms with E-state index >= 15 is 0 Å². The molecule has 25 heavy (non-hydrogen) atoms. The smallest absolute Gasteiger partial charge is 0.251 e. The van der Waals surface area contributed by atoms with Crippen LogP contribution in [0.4, 0.5) is 8.78 Å². The van der Waals surface area contributed by atoms with Gasteiger partial charge in [0.15, 0.2) is 0 Å². The second-order valence-corrected chi connectivity index (χ2v) is 5.38. The molecular weight excluding hydrogens is 328 g/mol. The lowest BCUT2D eigenvalue weighted by atomic mass is 10.2. The molecule has 0 spiro atoms. The maximum absolute atomic E-state index is 12.9. The Balaban J connectivity index is 1.47. The first-order chi connectivity index (χ1) is 12.1. The lowest BCUT2D eigenvalue weighted by Gasteiger charge is -2.03. The maximum atomic E-state index is 12.9. The van der Waals surface area contributed by atoms with E-state index in [4.69, 9.17) is 4.52 Å². The van der Waals surface area contributed by atoms with Crippen LogP contribution in [0.15, 0.2) is 53.1 Å². The fraction of sp³-hybridized carbons (Fsp3) is 0.167. The molecule has 5 nitrogen and oxygen atoms in total. The minimum absolute atomic E-state index is 0.266. The van der Waals surface area contributed by atoms with Crippen molar-refractivity contribution in [2.75, 3.05) is 6.54 Å². The second-order valence-electron chi connectivity index (χ2n) is 5.38. The minimum atomic E-state index is -0.384. The highest BCUT2D eigenvalue weighted by Crippen LogP contribution is 2.16. The summed E-state index contributed by atoms with van der Waals surface area (Å²) in [5, 5.41) is 6.59. The number of carbonyl (C=O) groups is 1. The number of halogens is 2. The Bertz CT molecular complexity index is 846. The number of amides is 1. The third-order valence-electron chi connectivity index (χ3n) is 3.53. The van der Waals surface area contributed by atoms with Crippen LogP contribution < -0.4 is 5.32 Å². The van der Waals surface area contributed by atoms with Crippen LogP contribution in [0.3, 0.4) is 0 Å². The molecule has 1 amide bonds. The van der Waals surface area contributed by atoms with Gasteiger partial charge in [0.2, 0.25) is 11.7 Å². The molecule has 2 aromatic carbocycles. The molecule has 128 valence electrons. The van der Waals surface area contributed by atoms with Crippen molar-refractivity contribution in [3.05, 3.63) is 71.6 Å². The molecule has 0 bridgehead atoms. The predicted molar refractivity (Wildman–Crippen MR) is 86.7 cm³/mol. The van der Waals surface area contributed by atoms with Crippen LogP contribution in [-0.2, 0) is 6.42 Å². The Kier molecular flexibility index (Phi) is 5.13.